The summed E-state index contributed by atoms with van der Waals surface area (Å²) in [5.41, 5.74) is 8.45. The predicted octanol–water partition coefficient (Wildman–Crippen LogP) is 4.53. The van der Waals surface area contributed by atoms with E-state index in [1.807, 2.05) is 13.0 Å². The summed E-state index contributed by atoms with van der Waals surface area (Å²) in [6, 6.07) is 10.4. The summed E-state index contributed by atoms with van der Waals surface area (Å²) in [6.45, 7) is 8.40. The van der Waals surface area contributed by atoms with Gasteiger partial charge in [0, 0.05) is 11.4 Å². The van der Waals surface area contributed by atoms with Crippen molar-refractivity contribution < 1.29 is 0 Å². The van der Waals surface area contributed by atoms with Crippen molar-refractivity contribution in [2.75, 3.05) is 5.43 Å². The number of aromatic nitrogens is 2. The van der Waals surface area contributed by atoms with Crippen LogP contribution in [0.4, 0.5) is 5.95 Å². The van der Waals surface area contributed by atoms with E-state index in [-0.39, 0.29) is 0 Å². The minimum atomic E-state index is 0.589. The number of hydrogen-bond donors (Lipinski definition) is 1. The van der Waals surface area contributed by atoms with Crippen LogP contribution in [0.3, 0.4) is 0 Å². The van der Waals surface area contributed by atoms with Crippen LogP contribution in [0.1, 0.15) is 56.1 Å². The molecule has 0 bridgehead atoms. The van der Waals surface area contributed by atoms with Crippen LogP contribution < -0.4 is 5.43 Å². The van der Waals surface area contributed by atoms with E-state index in [0.717, 1.165) is 48.3 Å². The molecule has 0 fully saturated rings. The Hall–Kier alpha value is -2.23. The maximum absolute atomic E-state index is 4.56. The number of benzene rings is 1. The van der Waals surface area contributed by atoms with E-state index in [1.54, 1.807) is 0 Å². The molecule has 4 heteroatoms. The van der Waals surface area contributed by atoms with Crippen LogP contribution in [-0.2, 0) is 12.8 Å². The zero-order chi connectivity index (χ0) is 16.7. The molecule has 0 amide bonds. The molecular weight excluding hydrogens is 284 g/mol. The van der Waals surface area contributed by atoms with Crippen LogP contribution in [-0.4, -0.2) is 15.7 Å². The zero-order valence-corrected chi connectivity index (χ0v) is 14.6. The van der Waals surface area contributed by atoms with Gasteiger partial charge in [-0.2, -0.15) is 5.10 Å². The fourth-order valence-electron chi connectivity index (χ4n) is 2.44. The maximum atomic E-state index is 4.56. The lowest BCUT2D eigenvalue weighted by molar-refractivity contribution is 0.830. The first-order valence-corrected chi connectivity index (χ1v) is 8.36. The van der Waals surface area contributed by atoms with Gasteiger partial charge in [0.25, 0.3) is 0 Å². The van der Waals surface area contributed by atoms with Gasteiger partial charge in [0.05, 0.1) is 5.71 Å². The monoisotopic (exact) mass is 310 g/mol. The molecule has 0 aliphatic rings. The van der Waals surface area contributed by atoms with Crippen LogP contribution in [0.5, 0.6) is 0 Å². The van der Waals surface area contributed by atoms with Crippen LogP contribution in [0.15, 0.2) is 35.4 Å². The van der Waals surface area contributed by atoms with Crippen LogP contribution in [0.2, 0.25) is 0 Å². The Balaban J connectivity index is 2.19. The van der Waals surface area contributed by atoms with E-state index in [1.165, 1.54) is 5.56 Å². The summed E-state index contributed by atoms with van der Waals surface area (Å²) in [4.78, 5) is 9.12. The lowest BCUT2D eigenvalue weighted by Gasteiger charge is -2.07. The van der Waals surface area contributed by atoms with Gasteiger partial charge in [-0.05, 0) is 38.3 Å². The Morgan fingerprint density at radius 3 is 2.26 bits per heavy atom. The second-order valence-corrected chi connectivity index (χ2v) is 5.85. The molecule has 1 N–H and O–H groups in total. The second kappa shape index (κ2) is 8.42. The van der Waals surface area contributed by atoms with E-state index in [0.29, 0.717) is 5.95 Å². The Kier molecular flexibility index (Phi) is 6.27. The Morgan fingerprint density at radius 2 is 1.70 bits per heavy atom. The highest BCUT2D eigenvalue weighted by Crippen LogP contribution is 2.11. The molecule has 23 heavy (non-hydrogen) atoms. The highest BCUT2D eigenvalue weighted by atomic mass is 15.4. The smallest absolute Gasteiger partial charge is 0.243 e. The van der Waals surface area contributed by atoms with Gasteiger partial charge in [-0.25, -0.2) is 15.4 Å². The molecule has 4 nitrogen and oxygen atoms in total. The highest BCUT2D eigenvalue weighted by Gasteiger charge is 2.04. The third kappa shape index (κ3) is 5.16. The first-order chi connectivity index (χ1) is 11.1. The van der Waals surface area contributed by atoms with Gasteiger partial charge in [-0.3, -0.25) is 0 Å². The fourth-order valence-corrected chi connectivity index (χ4v) is 2.44. The number of hydrazone groups is 1. The molecule has 1 heterocycles. The number of nitrogens with one attached hydrogen (secondary N) is 1. The predicted molar refractivity (Wildman–Crippen MR) is 97.0 cm³/mol. The Bertz CT molecular complexity index is 653. The van der Waals surface area contributed by atoms with Crippen molar-refractivity contribution in [3.63, 3.8) is 0 Å². The van der Waals surface area contributed by atoms with Gasteiger partial charge < -0.3 is 0 Å². The van der Waals surface area contributed by atoms with Crippen LogP contribution in [0, 0.1) is 6.92 Å². The van der Waals surface area contributed by atoms with E-state index < -0.39 is 0 Å². The van der Waals surface area contributed by atoms with Crippen molar-refractivity contribution in [3.8, 4) is 0 Å². The van der Waals surface area contributed by atoms with Gasteiger partial charge in [0.1, 0.15) is 0 Å². The third-order valence-corrected chi connectivity index (χ3v) is 3.60. The lowest BCUT2D eigenvalue weighted by atomic mass is 10.1. The Morgan fingerprint density at radius 1 is 1.04 bits per heavy atom. The van der Waals surface area contributed by atoms with Gasteiger partial charge in [0.15, 0.2) is 0 Å². The molecule has 122 valence electrons. The average molecular weight is 310 g/mol. The number of nitrogens with zero attached hydrogens (tertiary/aromatic N) is 3. The van der Waals surface area contributed by atoms with Gasteiger partial charge >= 0.3 is 0 Å². The zero-order valence-electron chi connectivity index (χ0n) is 14.6. The van der Waals surface area contributed by atoms with Crippen molar-refractivity contribution in [3.05, 3.63) is 52.8 Å². The summed E-state index contributed by atoms with van der Waals surface area (Å²) < 4.78 is 0. The molecule has 0 radical (unpaired) electrons. The molecular formula is C19H26N4. The molecule has 0 aliphatic carbocycles. The van der Waals surface area contributed by atoms with Gasteiger partial charge in [0.2, 0.25) is 5.95 Å². The summed E-state index contributed by atoms with van der Waals surface area (Å²) >= 11 is 0. The van der Waals surface area contributed by atoms with Crippen molar-refractivity contribution in [2.45, 2.75) is 53.4 Å². The first-order valence-electron chi connectivity index (χ1n) is 8.36. The lowest BCUT2D eigenvalue weighted by Crippen LogP contribution is -2.06. The normalized spacial score (nSPS) is 11.6. The minimum absolute atomic E-state index is 0.589. The standard InChI is InChI=1S/C19H26N4/c1-5-8-17-13-18(9-6-2)21-19(20-17)23-22-15(4)16-11-7-10-14(3)12-16/h7,10-13H,5-6,8-9H2,1-4H3,(H,20,21,23). The largest absolute Gasteiger partial charge is 0.245 e. The molecule has 0 spiro atoms. The molecule has 0 aliphatic heterocycles. The SMILES string of the molecule is CCCc1cc(CCC)nc(NN=C(C)c2cccc(C)c2)n1. The van der Waals surface area contributed by atoms with Crippen LogP contribution >= 0.6 is 0 Å². The summed E-state index contributed by atoms with van der Waals surface area (Å²) in [6.07, 6.45) is 4.09. The van der Waals surface area contributed by atoms with Crippen LogP contribution in [0.25, 0.3) is 0 Å². The highest BCUT2D eigenvalue weighted by molar-refractivity contribution is 5.99. The molecule has 1 aromatic carbocycles. The molecule has 2 aromatic rings. The van der Waals surface area contributed by atoms with E-state index in [2.05, 4.69) is 65.5 Å². The fraction of sp³-hybridized carbons (Fsp3) is 0.421. The van der Waals surface area contributed by atoms with E-state index in [9.17, 15) is 0 Å². The molecule has 0 saturated heterocycles. The van der Waals surface area contributed by atoms with Gasteiger partial charge in [-0.1, -0.05) is 56.5 Å². The van der Waals surface area contributed by atoms with Crippen molar-refractivity contribution in [1.82, 2.24) is 9.97 Å². The third-order valence-electron chi connectivity index (χ3n) is 3.60. The molecule has 0 saturated carbocycles. The van der Waals surface area contributed by atoms with Crippen molar-refractivity contribution in [2.24, 2.45) is 5.10 Å². The van der Waals surface area contributed by atoms with Gasteiger partial charge in [-0.15, -0.1) is 0 Å². The quantitative estimate of drug-likeness (QED) is 0.604. The molecule has 0 atom stereocenters. The number of anilines is 1. The van der Waals surface area contributed by atoms with Crippen molar-refractivity contribution in [1.29, 1.82) is 0 Å². The molecule has 2 rings (SSSR count). The van der Waals surface area contributed by atoms with E-state index >= 15 is 0 Å². The summed E-state index contributed by atoms with van der Waals surface area (Å²) in [5.74, 6) is 0.589. The summed E-state index contributed by atoms with van der Waals surface area (Å²) in [5, 5.41) is 4.45. The molecule has 1 aromatic heterocycles. The number of hydrogen-bond acceptors (Lipinski definition) is 4. The summed E-state index contributed by atoms with van der Waals surface area (Å²) in [7, 11) is 0. The Labute approximate surface area is 139 Å². The average Bonchev–Trinajstić information content (AvgIpc) is 2.53. The number of aryl methyl sites for hydroxylation is 3. The second-order valence-electron chi connectivity index (χ2n) is 5.85. The minimum Gasteiger partial charge on any atom is -0.245 e. The first kappa shape index (κ1) is 17.1. The number of rotatable bonds is 7. The molecule has 0 unspecified atom stereocenters. The topological polar surface area (TPSA) is 50.2 Å². The van der Waals surface area contributed by atoms with Crippen molar-refractivity contribution >= 4 is 11.7 Å². The van der Waals surface area contributed by atoms with E-state index in [4.69, 9.17) is 0 Å². The maximum Gasteiger partial charge on any atom is 0.243 e.